The molecular weight excluding hydrogens is 144 g/mol. The molecule has 3 heteroatoms. The zero-order valence-electron chi connectivity index (χ0n) is 7.50. The second-order valence-electron chi connectivity index (χ2n) is 3.55. The van der Waals surface area contributed by atoms with Crippen LogP contribution in [0.1, 0.15) is 27.7 Å². The average Bonchev–Trinajstić information content (AvgIpc) is 2.05. The van der Waals surface area contributed by atoms with Gasteiger partial charge in [-0.2, -0.15) is 0 Å². The van der Waals surface area contributed by atoms with Crippen molar-refractivity contribution in [2.75, 3.05) is 0 Å². The molecule has 0 aliphatic carbocycles. The van der Waals surface area contributed by atoms with Crippen molar-refractivity contribution < 1.29 is 14.6 Å². The van der Waals surface area contributed by atoms with Crippen molar-refractivity contribution in [1.29, 1.82) is 0 Å². The van der Waals surface area contributed by atoms with Crippen molar-refractivity contribution in [2.45, 2.75) is 51.8 Å². The van der Waals surface area contributed by atoms with Gasteiger partial charge in [-0.1, -0.05) is 0 Å². The third-order valence-corrected chi connectivity index (χ3v) is 1.83. The van der Waals surface area contributed by atoms with E-state index in [1.807, 2.05) is 20.8 Å². The van der Waals surface area contributed by atoms with Gasteiger partial charge in [0.1, 0.15) is 6.10 Å². The minimum absolute atomic E-state index is 0.0231. The molecule has 1 aliphatic heterocycles. The van der Waals surface area contributed by atoms with E-state index >= 15 is 0 Å². The molecule has 1 fully saturated rings. The Morgan fingerprint density at radius 3 is 2.09 bits per heavy atom. The van der Waals surface area contributed by atoms with Crippen LogP contribution < -0.4 is 0 Å². The maximum absolute atomic E-state index is 9.25. The summed E-state index contributed by atoms with van der Waals surface area (Å²) in [5.41, 5.74) is 0. The molecule has 1 unspecified atom stereocenters. The molecule has 1 rings (SSSR count). The lowest BCUT2D eigenvalue weighted by atomic mass is 10.1. The van der Waals surface area contributed by atoms with Gasteiger partial charge in [0.2, 0.25) is 0 Å². The Balaban J connectivity index is 2.59. The molecule has 0 saturated carbocycles. The Morgan fingerprint density at radius 2 is 1.91 bits per heavy atom. The first-order valence-electron chi connectivity index (χ1n) is 3.96. The molecule has 66 valence electrons. The average molecular weight is 160 g/mol. The fraction of sp³-hybridized carbons (Fsp3) is 1.00. The van der Waals surface area contributed by atoms with Crippen LogP contribution in [-0.2, 0) is 9.47 Å². The third-order valence-electron chi connectivity index (χ3n) is 1.83. The number of rotatable bonds is 1. The largest absolute Gasteiger partial charge is 0.391 e. The lowest BCUT2D eigenvalue weighted by Gasteiger charge is -2.18. The van der Waals surface area contributed by atoms with Crippen LogP contribution in [-0.4, -0.2) is 29.2 Å². The highest BCUT2D eigenvalue weighted by Crippen LogP contribution is 2.29. The topological polar surface area (TPSA) is 38.7 Å². The Bertz CT molecular complexity index is 142. The van der Waals surface area contributed by atoms with E-state index in [2.05, 4.69) is 0 Å². The summed E-state index contributed by atoms with van der Waals surface area (Å²) in [6, 6.07) is 0. The fourth-order valence-corrected chi connectivity index (χ4v) is 1.46. The number of hydrogen-bond donors (Lipinski definition) is 1. The zero-order valence-corrected chi connectivity index (χ0v) is 7.50. The van der Waals surface area contributed by atoms with Gasteiger partial charge in [0, 0.05) is 0 Å². The van der Waals surface area contributed by atoms with E-state index in [-0.39, 0.29) is 12.2 Å². The number of hydrogen-bond acceptors (Lipinski definition) is 3. The van der Waals surface area contributed by atoms with Crippen LogP contribution in [0.15, 0.2) is 0 Å². The summed E-state index contributed by atoms with van der Waals surface area (Å²) in [5, 5.41) is 9.25. The van der Waals surface area contributed by atoms with E-state index < -0.39 is 11.9 Å². The van der Waals surface area contributed by atoms with Gasteiger partial charge < -0.3 is 14.6 Å². The van der Waals surface area contributed by atoms with Crippen LogP contribution in [0.4, 0.5) is 0 Å². The quantitative estimate of drug-likeness (QED) is 0.619. The van der Waals surface area contributed by atoms with E-state index in [0.29, 0.717) is 0 Å². The lowest BCUT2D eigenvalue weighted by molar-refractivity contribution is -0.153. The molecule has 0 spiro atoms. The SMILES string of the molecule is CC(O)[C@H]1OC(C)(C)O[C@@H]1C. The molecule has 3 nitrogen and oxygen atoms in total. The monoisotopic (exact) mass is 160 g/mol. The lowest BCUT2D eigenvalue weighted by Crippen LogP contribution is -2.31. The van der Waals surface area contributed by atoms with Crippen LogP contribution in [0.2, 0.25) is 0 Å². The van der Waals surface area contributed by atoms with Gasteiger partial charge in [0.25, 0.3) is 0 Å². The molecule has 1 heterocycles. The van der Waals surface area contributed by atoms with Crippen molar-refractivity contribution >= 4 is 0 Å². The van der Waals surface area contributed by atoms with Crippen molar-refractivity contribution in [3.63, 3.8) is 0 Å². The Kier molecular flexibility index (Phi) is 2.23. The van der Waals surface area contributed by atoms with Crippen LogP contribution in [0, 0.1) is 0 Å². The molecule has 11 heavy (non-hydrogen) atoms. The van der Waals surface area contributed by atoms with E-state index in [1.165, 1.54) is 0 Å². The maximum atomic E-state index is 9.25. The molecule has 0 amide bonds. The minimum Gasteiger partial charge on any atom is -0.391 e. The first-order valence-corrected chi connectivity index (χ1v) is 3.96. The first-order chi connectivity index (χ1) is 4.92. The van der Waals surface area contributed by atoms with Crippen LogP contribution in [0.3, 0.4) is 0 Å². The highest BCUT2D eigenvalue weighted by Gasteiger charge is 2.40. The summed E-state index contributed by atoms with van der Waals surface area (Å²) in [6.07, 6.45) is -0.679. The van der Waals surface area contributed by atoms with Crippen molar-refractivity contribution in [1.82, 2.24) is 0 Å². The van der Waals surface area contributed by atoms with Gasteiger partial charge in [0.05, 0.1) is 12.2 Å². The van der Waals surface area contributed by atoms with Gasteiger partial charge in [-0.15, -0.1) is 0 Å². The molecule has 0 aromatic heterocycles. The standard InChI is InChI=1S/C8H16O3/c1-5(9)7-6(2)10-8(3,4)11-7/h5-7,9H,1-4H3/t5?,6-,7-/m1/s1. The summed E-state index contributed by atoms with van der Waals surface area (Å²) in [5.74, 6) is -0.541. The molecule has 0 radical (unpaired) electrons. The Hall–Kier alpha value is -0.120. The normalized spacial score (nSPS) is 39.0. The molecule has 1 saturated heterocycles. The Morgan fingerprint density at radius 1 is 1.36 bits per heavy atom. The molecular formula is C8H16O3. The highest BCUT2D eigenvalue weighted by atomic mass is 16.8. The van der Waals surface area contributed by atoms with Gasteiger partial charge in [0.15, 0.2) is 5.79 Å². The second-order valence-corrected chi connectivity index (χ2v) is 3.55. The number of aliphatic hydroxyl groups is 1. The predicted molar refractivity (Wildman–Crippen MR) is 41.2 cm³/mol. The maximum Gasteiger partial charge on any atom is 0.163 e. The Labute approximate surface area is 67.3 Å². The predicted octanol–water partition coefficient (Wildman–Crippen LogP) is 0.907. The van der Waals surface area contributed by atoms with E-state index in [0.717, 1.165) is 0 Å². The summed E-state index contributed by atoms with van der Waals surface area (Å²) in [6.45, 7) is 7.33. The molecule has 1 N–H and O–H groups in total. The third kappa shape index (κ3) is 1.92. The molecule has 0 aromatic carbocycles. The van der Waals surface area contributed by atoms with Gasteiger partial charge in [-0.05, 0) is 27.7 Å². The minimum atomic E-state index is -0.541. The second kappa shape index (κ2) is 2.73. The highest BCUT2D eigenvalue weighted by molar-refractivity contribution is 4.81. The van der Waals surface area contributed by atoms with E-state index in [1.54, 1.807) is 6.92 Å². The van der Waals surface area contributed by atoms with Crippen molar-refractivity contribution in [2.24, 2.45) is 0 Å². The summed E-state index contributed by atoms with van der Waals surface area (Å²) < 4.78 is 10.9. The fourth-order valence-electron chi connectivity index (χ4n) is 1.46. The van der Waals surface area contributed by atoms with Crippen LogP contribution in [0.5, 0.6) is 0 Å². The van der Waals surface area contributed by atoms with Crippen molar-refractivity contribution in [3.8, 4) is 0 Å². The van der Waals surface area contributed by atoms with Crippen LogP contribution >= 0.6 is 0 Å². The van der Waals surface area contributed by atoms with Crippen molar-refractivity contribution in [3.05, 3.63) is 0 Å². The van der Waals surface area contributed by atoms with E-state index in [9.17, 15) is 5.11 Å². The molecule has 3 atom stereocenters. The summed E-state index contributed by atoms with van der Waals surface area (Å²) in [7, 11) is 0. The number of aliphatic hydroxyl groups excluding tert-OH is 1. The van der Waals surface area contributed by atoms with Gasteiger partial charge in [-0.3, -0.25) is 0 Å². The van der Waals surface area contributed by atoms with E-state index in [4.69, 9.17) is 9.47 Å². The smallest absolute Gasteiger partial charge is 0.163 e. The zero-order chi connectivity index (χ0) is 8.65. The van der Waals surface area contributed by atoms with Gasteiger partial charge in [-0.25, -0.2) is 0 Å². The molecule has 0 bridgehead atoms. The molecule has 1 aliphatic rings. The number of ether oxygens (including phenoxy) is 2. The summed E-state index contributed by atoms with van der Waals surface area (Å²) >= 11 is 0. The van der Waals surface area contributed by atoms with Crippen LogP contribution in [0.25, 0.3) is 0 Å². The molecule has 0 aromatic rings. The van der Waals surface area contributed by atoms with Gasteiger partial charge >= 0.3 is 0 Å². The first kappa shape index (κ1) is 8.97. The summed E-state index contributed by atoms with van der Waals surface area (Å²) in [4.78, 5) is 0.